The fraction of sp³-hybridized carbons (Fsp3) is 1.00. The molecule has 0 saturated heterocycles. The highest BCUT2D eigenvalue weighted by molar-refractivity contribution is 7.89. The van der Waals surface area contributed by atoms with Crippen LogP contribution in [0, 0.1) is 0 Å². The second-order valence-corrected chi connectivity index (χ2v) is 7.73. The van der Waals surface area contributed by atoms with Gasteiger partial charge in [-0.1, -0.05) is 6.92 Å². The highest BCUT2D eigenvalue weighted by Crippen LogP contribution is 2.19. The van der Waals surface area contributed by atoms with Crippen LogP contribution in [0.5, 0.6) is 0 Å². The Balaban J connectivity index is 2.24. The molecule has 0 aliphatic heterocycles. The molecule has 20 heavy (non-hydrogen) atoms. The number of sulfonamides is 1. The SMILES string of the molecule is CCCNC1CCC(NS(=O)(=O)CCOC(C)C)CC1. The number of hydrogen-bond donors (Lipinski definition) is 2. The summed E-state index contributed by atoms with van der Waals surface area (Å²) >= 11 is 0. The summed E-state index contributed by atoms with van der Waals surface area (Å²) in [6.07, 6.45) is 5.16. The zero-order valence-corrected chi connectivity index (χ0v) is 13.8. The van der Waals surface area contributed by atoms with Crippen LogP contribution in [0.15, 0.2) is 0 Å². The van der Waals surface area contributed by atoms with Crippen LogP contribution < -0.4 is 10.0 Å². The molecule has 5 nitrogen and oxygen atoms in total. The molecule has 1 aliphatic rings. The Morgan fingerprint density at radius 3 is 2.30 bits per heavy atom. The third-order valence-electron chi connectivity index (χ3n) is 3.56. The molecule has 0 aromatic carbocycles. The first kappa shape index (κ1) is 17.9. The van der Waals surface area contributed by atoms with E-state index in [1.165, 1.54) is 0 Å². The molecule has 0 atom stereocenters. The van der Waals surface area contributed by atoms with Crippen molar-refractivity contribution >= 4 is 10.0 Å². The van der Waals surface area contributed by atoms with Gasteiger partial charge in [-0.25, -0.2) is 13.1 Å². The highest BCUT2D eigenvalue weighted by Gasteiger charge is 2.24. The first-order valence-corrected chi connectivity index (χ1v) is 9.43. The Morgan fingerprint density at radius 2 is 1.75 bits per heavy atom. The fourth-order valence-corrected chi connectivity index (χ4v) is 3.65. The Morgan fingerprint density at radius 1 is 1.15 bits per heavy atom. The van der Waals surface area contributed by atoms with Crippen molar-refractivity contribution < 1.29 is 13.2 Å². The van der Waals surface area contributed by atoms with Crippen molar-refractivity contribution in [1.82, 2.24) is 10.0 Å². The van der Waals surface area contributed by atoms with Crippen molar-refractivity contribution in [3.05, 3.63) is 0 Å². The van der Waals surface area contributed by atoms with Crippen LogP contribution in [-0.2, 0) is 14.8 Å². The molecular formula is C14H30N2O3S. The van der Waals surface area contributed by atoms with Crippen LogP contribution in [-0.4, -0.2) is 45.5 Å². The monoisotopic (exact) mass is 306 g/mol. The first-order chi connectivity index (χ1) is 9.43. The van der Waals surface area contributed by atoms with Gasteiger partial charge >= 0.3 is 0 Å². The predicted octanol–water partition coefficient (Wildman–Crippen LogP) is 1.64. The van der Waals surface area contributed by atoms with Crippen LogP contribution in [0.3, 0.4) is 0 Å². The molecule has 0 spiro atoms. The van der Waals surface area contributed by atoms with Crippen molar-refractivity contribution in [2.45, 2.75) is 71.1 Å². The third-order valence-corrected chi connectivity index (χ3v) is 4.96. The first-order valence-electron chi connectivity index (χ1n) is 7.78. The summed E-state index contributed by atoms with van der Waals surface area (Å²) < 4.78 is 32.0. The lowest BCUT2D eigenvalue weighted by molar-refractivity contribution is 0.0911. The molecule has 1 fully saturated rings. The van der Waals surface area contributed by atoms with E-state index < -0.39 is 10.0 Å². The summed E-state index contributed by atoms with van der Waals surface area (Å²) in [5, 5.41) is 3.50. The highest BCUT2D eigenvalue weighted by atomic mass is 32.2. The summed E-state index contributed by atoms with van der Waals surface area (Å²) in [5.74, 6) is 0.0548. The van der Waals surface area contributed by atoms with Crippen LogP contribution in [0.1, 0.15) is 52.9 Å². The molecular weight excluding hydrogens is 276 g/mol. The summed E-state index contributed by atoms with van der Waals surface area (Å²) in [6, 6.07) is 0.652. The lowest BCUT2D eigenvalue weighted by atomic mass is 9.92. The molecule has 0 aromatic rings. The minimum absolute atomic E-state index is 0.0548. The van der Waals surface area contributed by atoms with E-state index in [2.05, 4.69) is 17.0 Å². The molecule has 6 heteroatoms. The number of rotatable bonds is 9. The van der Waals surface area contributed by atoms with Gasteiger partial charge in [-0.15, -0.1) is 0 Å². The third kappa shape index (κ3) is 7.57. The minimum atomic E-state index is -3.21. The molecule has 120 valence electrons. The van der Waals surface area contributed by atoms with Crippen molar-refractivity contribution in [3.8, 4) is 0 Å². The van der Waals surface area contributed by atoms with Gasteiger partial charge in [-0.05, 0) is 52.5 Å². The van der Waals surface area contributed by atoms with E-state index in [0.29, 0.717) is 6.04 Å². The molecule has 0 bridgehead atoms. The topological polar surface area (TPSA) is 67.4 Å². The quantitative estimate of drug-likeness (QED) is 0.679. The second kappa shape index (κ2) is 8.97. The molecule has 1 aliphatic carbocycles. The molecule has 0 amide bonds. The molecule has 0 aromatic heterocycles. The fourth-order valence-electron chi connectivity index (χ4n) is 2.47. The molecule has 1 saturated carbocycles. The van der Waals surface area contributed by atoms with Crippen molar-refractivity contribution in [1.29, 1.82) is 0 Å². The van der Waals surface area contributed by atoms with Gasteiger partial charge < -0.3 is 10.1 Å². The van der Waals surface area contributed by atoms with E-state index in [-0.39, 0.29) is 24.5 Å². The molecule has 0 unspecified atom stereocenters. The average molecular weight is 306 g/mol. The van der Waals surface area contributed by atoms with Gasteiger partial charge in [0.1, 0.15) is 0 Å². The van der Waals surface area contributed by atoms with E-state index >= 15 is 0 Å². The average Bonchev–Trinajstić information content (AvgIpc) is 2.37. The maximum absolute atomic E-state index is 11.9. The van der Waals surface area contributed by atoms with Crippen molar-refractivity contribution in [2.75, 3.05) is 18.9 Å². The molecule has 0 radical (unpaired) electrons. The second-order valence-electron chi connectivity index (χ2n) is 5.86. The minimum Gasteiger partial charge on any atom is -0.378 e. The van der Waals surface area contributed by atoms with Crippen molar-refractivity contribution in [3.63, 3.8) is 0 Å². The van der Waals surface area contributed by atoms with Gasteiger partial charge in [0.05, 0.1) is 18.5 Å². The lowest BCUT2D eigenvalue weighted by Gasteiger charge is -2.29. The van der Waals surface area contributed by atoms with Gasteiger partial charge in [-0.3, -0.25) is 0 Å². The summed E-state index contributed by atoms with van der Waals surface area (Å²) in [4.78, 5) is 0. The van der Waals surface area contributed by atoms with Gasteiger partial charge in [-0.2, -0.15) is 0 Å². The molecule has 2 N–H and O–H groups in total. The number of nitrogens with one attached hydrogen (secondary N) is 2. The predicted molar refractivity (Wildman–Crippen MR) is 82.3 cm³/mol. The zero-order chi connectivity index (χ0) is 15.0. The zero-order valence-electron chi connectivity index (χ0n) is 13.0. The Labute approximate surface area is 123 Å². The molecule has 0 heterocycles. The van der Waals surface area contributed by atoms with E-state index in [0.717, 1.165) is 38.6 Å². The van der Waals surface area contributed by atoms with Gasteiger partial charge in [0, 0.05) is 12.1 Å². The van der Waals surface area contributed by atoms with Gasteiger partial charge in [0.15, 0.2) is 0 Å². The maximum Gasteiger partial charge on any atom is 0.214 e. The van der Waals surface area contributed by atoms with E-state index in [1.807, 2.05) is 13.8 Å². The van der Waals surface area contributed by atoms with E-state index in [1.54, 1.807) is 0 Å². The van der Waals surface area contributed by atoms with Gasteiger partial charge in [0.2, 0.25) is 10.0 Å². The van der Waals surface area contributed by atoms with Gasteiger partial charge in [0.25, 0.3) is 0 Å². The summed E-state index contributed by atoms with van der Waals surface area (Å²) in [7, 11) is -3.21. The summed E-state index contributed by atoms with van der Waals surface area (Å²) in [6.45, 7) is 7.29. The Kier molecular flexibility index (Phi) is 8.02. The Hall–Kier alpha value is -0.170. The lowest BCUT2D eigenvalue weighted by Crippen LogP contribution is -2.43. The number of ether oxygens (including phenoxy) is 1. The van der Waals surface area contributed by atoms with Crippen molar-refractivity contribution in [2.24, 2.45) is 0 Å². The van der Waals surface area contributed by atoms with Crippen LogP contribution >= 0.6 is 0 Å². The van der Waals surface area contributed by atoms with E-state index in [9.17, 15) is 8.42 Å². The van der Waals surface area contributed by atoms with Crippen LogP contribution in [0.2, 0.25) is 0 Å². The standard InChI is InChI=1S/C14H30N2O3S/c1-4-9-15-13-5-7-14(8-6-13)16-20(17,18)11-10-19-12(2)3/h12-16H,4-11H2,1-3H3. The largest absolute Gasteiger partial charge is 0.378 e. The van der Waals surface area contributed by atoms with Crippen LogP contribution in [0.25, 0.3) is 0 Å². The van der Waals surface area contributed by atoms with Crippen LogP contribution in [0.4, 0.5) is 0 Å². The smallest absolute Gasteiger partial charge is 0.214 e. The summed E-state index contributed by atoms with van der Waals surface area (Å²) in [5.41, 5.74) is 0. The number of hydrogen-bond acceptors (Lipinski definition) is 4. The van der Waals surface area contributed by atoms with E-state index in [4.69, 9.17) is 4.74 Å². The Bertz CT molecular complexity index is 349. The maximum atomic E-state index is 11.9. The normalized spacial score (nSPS) is 24.2. The molecule has 1 rings (SSSR count).